The van der Waals surface area contributed by atoms with Gasteiger partial charge in [-0.15, -0.1) is 0 Å². The summed E-state index contributed by atoms with van der Waals surface area (Å²) in [6, 6.07) is 12.7. The summed E-state index contributed by atoms with van der Waals surface area (Å²) in [4.78, 5) is 16.2. The number of halogens is 3. The average Bonchev–Trinajstić information content (AvgIpc) is 3.14. The van der Waals surface area contributed by atoms with Gasteiger partial charge in [0.1, 0.15) is 0 Å². The van der Waals surface area contributed by atoms with Crippen LogP contribution in [0.4, 0.5) is 13.2 Å². The molecule has 0 aliphatic heterocycles. The zero-order chi connectivity index (χ0) is 20.1. The highest BCUT2D eigenvalue weighted by molar-refractivity contribution is 5.76. The Morgan fingerprint density at radius 1 is 1.14 bits per heavy atom. The van der Waals surface area contributed by atoms with Crippen molar-refractivity contribution in [1.82, 2.24) is 10.3 Å². The van der Waals surface area contributed by atoms with Gasteiger partial charge in [0.15, 0.2) is 11.7 Å². The normalized spacial score (nSPS) is 11.4. The van der Waals surface area contributed by atoms with Crippen molar-refractivity contribution in [3.8, 4) is 11.3 Å². The second-order valence-electron chi connectivity index (χ2n) is 6.46. The van der Waals surface area contributed by atoms with Crippen LogP contribution in [0.5, 0.6) is 0 Å². The maximum atomic E-state index is 12.7. The molecule has 0 fully saturated rings. The lowest BCUT2D eigenvalue weighted by Crippen LogP contribution is -2.23. The fourth-order valence-corrected chi connectivity index (χ4v) is 2.64. The van der Waals surface area contributed by atoms with Gasteiger partial charge in [0.05, 0.1) is 11.8 Å². The number of nitrogens with one attached hydrogen (secondary N) is 1. The van der Waals surface area contributed by atoms with E-state index in [1.165, 1.54) is 12.1 Å². The number of rotatable bonds is 6. The predicted octanol–water partition coefficient (Wildman–Crippen LogP) is 4.92. The van der Waals surface area contributed by atoms with Gasteiger partial charge in [0.25, 0.3) is 0 Å². The van der Waals surface area contributed by atoms with Gasteiger partial charge < -0.3 is 9.73 Å². The molecule has 0 saturated heterocycles. The van der Waals surface area contributed by atoms with E-state index < -0.39 is 11.7 Å². The minimum absolute atomic E-state index is 0.0307. The second-order valence-corrected chi connectivity index (χ2v) is 6.46. The largest absolute Gasteiger partial charge is 0.441 e. The lowest BCUT2D eigenvalue weighted by atomic mass is 10.1. The van der Waals surface area contributed by atoms with Gasteiger partial charge in [-0.1, -0.05) is 42.0 Å². The van der Waals surface area contributed by atoms with Gasteiger partial charge in [0, 0.05) is 24.9 Å². The van der Waals surface area contributed by atoms with Crippen molar-refractivity contribution in [3.63, 3.8) is 0 Å². The number of carbonyl (C=O) groups is 1. The third kappa shape index (κ3) is 5.22. The number of nitrogens with zero attached hydrogens (tertiary/aromatic N) is 1. The summed E-state index contributed by atoms with van der Waals surface area (Å²) in [7, 11) is 0. The Balaban J connectivity index is 1.50. The van der Waals surface area contributed by atoms with E-state index in [0.717, 1.165) is 23.3 Å². The molecule has 0 bridgehead atoms. The molecular weight excluding hydrogens is 369 g/mol. The van der Waals surface area contributed by atoms with Gasteiger partial charge in [-0.2, -0.15) is 13.2 Å². The lowest BCUT2D eigenvalue weighted by molar-refractivity contribution is -0.137. The number of hydrogen-bond donors (Lipinski definition) is 1. The molecule has 0 radical (unpaired) electrons. The van der Waals surface area contributed by atoms with Crippen LogP contribution in [0.3, 0.4) is 0 Å². The van der Waals surface area contributed by atoms with Crippen LogP contribution in [0.25, 0.3) is 11.3 Å². The summed E-state index contributed by atoms with van der Waals surface area (Å²) in [5, 5.41) is 2.62. The van der Waals surface area contributed by atoms with Crippen molar-refractivity contribution in [2.75, 3.05) is 0 Å². The topological polar surface area (TPSA) is 55.1 Å². The van der Waals surface area contributed by atoms with Crippen molar-refractivity contribution in [2.24, 2.45) is 0 Å². The standard InChI is InChI=1S/C21H19F3N2O2/c1-14-5-7-16(8-6-14)18-13-26-20(28-18)10-9-19(27)25-12-15-3-2-4-17(11-15)21(22,23)24/h2-8,11,13H,9-10,12H2,1H3,(H,25,27). The minimum Gasteiger partial charge on any atom is -0.441 e. The van der Waals surface area contributed by atoms with Crippen LogP contribution in [0.2, 0.25) is 0 Å². The van der Waals surface area contributed by atoms with Crippen LogP contribution in [0.15, 0.2) is 59.1 Å². The van der Waals surface area contributed by atoms with E-state index in [9.17, 15) is 18.0 Å². The Bertz CT molecular complexity index is 947. The predicted molar refractivity (Wildman–Crippen MR) is 98.3 cm³/mol. The van der Waals surface area contributed by atoms with E-state index in [0.29, 0.717) is 23.6 Å². The van der Waals surface area contributed by atoms with Crippen LogP contribution >= 0.6 is 0 Å². The third-order valence-corrected chi connectivity index (χ3v) is 4.20. The van der Waals surface area contributed by atoms with Crippen LogP contribution in [-0.4, -0.2) is 10.9 Å². The number of benzene rings is 2. The SMILES string of the molecule is Cc1ccc(-c2cnc(CCC(=O)NCc3cccc(C(F)(F)F)c3)o2)cc1. The van der Waals surface area contributed by atoms with E-state index in [4.69, 9.17) is 4.42 Å². The highest BCUT2D eigenvalue weighted by atomic mass is 19.4. The first kappa shape index (κ1) is 19.7. The van der Waals surface area contributed by atoms with Gasteiger partial charge in [-0.25, -0.2) is 4.98 Å². The number of alkyl halides is 3. The van der Waals surface area contributed by atoms with Gasteiger partial charge in [-0.05, 0) is 24.6 Å². The number of aromatic nitrogens is 1. The highest BCUT2D eigenvalue weighted by Gasteiger charge is 2.30. The average molecular weight is 388 g/mol. The van der Waals surface area contributed by atoms with Crippen molar-refractivity contribution in [3.05, 3.63) is 77.3 Å². The fourth-order valence-electron chi connectivity index (χ4n) is 2.64. The molecule has 1 heterocycles. The fraction of sp³-hybridized carbons (Fsp3) is 0.238. The van der Waals surface area contributed by atoms with Crippen LogP contribution in [0.1, 0.15) is 29.0 Å². The number of aryl methyl sites for hydroxylation is 2. The van der Waals surface area contributed by atoms with Gasteiger partial charge in [0.2, 0.25) is 5.91 Å². The molecule has 1 N–H and O–H groups in total. The van der Waals surface area contributed by atoms with Gasteiger partial charge in [-0.3, -0.25) is 4.79 Å². The summed E-state index contributed by atoms with van der Waals surface area (Å²) in [6.07, 6.45) is -2.35. The Kier molecular flexibility index (Phi) is 5.82. The maximum absolute atomic E-state index is 12.7. The zero-order valence-electron chi connectivity index (χ0n) is 15.2. The van der Waals surface area contributed by atoms with Crippen molar-refractivity contribution in [1.29, 1.82) is 0 Å². The Morgan fingerprint density at radius 3 is 2.61 bits per heavy atom. The molecule has 7 heteroatoms. The molecule has 0 atom stereocenters. The van der Waals surface area contributed by atoms with E-state index in [1.807, 2.05) is 31.2 Å². The molecule has 1 amide bonds. The Hall–Kier alpha value is -3.09. The molecule has 0 saturated carbocycles. The Labute approximate surface area is 160 Å². The molecule has 0 unspecified atom stereocenters. The van der Waals surface area contributed by atoms with Gasteiger partial charge >= 0.3 is 6.18 Å². The molecular formula is C21H19F3N2O2. The van der Waals surface area contributed by atoms with Crippen LogP contribution in [-0.2, 0) is 23.9 Å². The summed E-state index contributed by atoms with van der Waals surface area (Å²) < 4.78 is 43.8. The quantitative estimate of drug-likeness (QED) is 0.652. The van der Waals surface area contributed by atoms with E-state index in [1.54, 1.807) is 6.20 Å². The summed E-state index contributed by atoms with van der Waals surface area (Å²) in [5.74, 6) is 0.775. The molecule has 3 rings (SSSR count). The third-order valence-electron chi connectivity index (χ3n) is 4.20. The van der Waals surface area contributed by atoms with Crippen LogP contribution in [0, 0.1) is 6.92 Å². The Morgan fingerprint density at radius 2 is 1.89 bits per heavy atom. The highest BCUT2D eigenvalue weighted by Crippen LogP contribution is 2.29. The first-order valence-electron chi connectivity index (χ1n) is 8.76. The molecule has 146 valence electrons. The smallest absolute Gasteiger partial charge is 0.416 e. The monoisotopic (exact) mass is 388 g/mol. The lowest BCUT2D eigenvalue weighted by Gasteiger charge is -2.09. The van der Waals surface area contributed by atoms with Crippen molar-refractivity contribution in [2.45, 2.75) is 32.5 Å². The number of hydrogen-bond acceptors (Lipinski definition) is 3. The number of carbonyl (C=O) groups excluding carboxylic acids is 1. The second kappa shape index (κ2) is 8.29. The molecule has 1 aromatic heterocycles. The minimum atomic E-state index is -4.40. The molecule has 0 spiro atoms. The first-order valence-corrected chi connectivity index (χ1v) is 8.76. The van der Waals surface area contributed by atoms with Crippen molar-refractivity contribution >= 4 is 5.91 Å². The number of amides is 1. The maximum Gasteiger partial charge on any atom is 0.416 e. The number of oxazole rings is 1. The molecule has 0 aliphatic rings. The van der Waals surface area contributed by atoms with Crippen molar-refractivity contribution < 1.29 is 22.4 Å². The van der Waals surface area contributed by atoms with Crippen LogP contribution < -0.4 is 5.32 Å². The van der Waals surface area contributed by atoms with E-state index in [-0.39, 0.29) is 18.9 Å². The first-order chi connectivity index (χ1) is 13.3. The van der Waals surface area contributed by atoms with E-state index >= 15 is 0 Å². The molecule has 0 aliphatic carbocycles. The summed E-state index contributed by atoms with van der Waals surface area (Å²) >= 11 is 0. The molecule has 28 heavy (non-hydrogen) atoms. The summed E-state index contributed by atoms with van der Waals surface area (Å²) in [6.45, 7) is 2.02. The summed E-state index contributed by atoms with van der Waals surface area (Å²) in [5.41, 5.74) is 1.70. The van der Waals surface area contributed by atoms with E-state index in [2.05, 4.69) is 10.3 Å². The molecule has 2 aromatic carbocycles. The zero-order valence-corrected chi connectivity index (χ0v) is 15.2. The molecule has 3 aromatic rings. The molecule has 4 nitrogen and oxygen atoms in total.